The third kappa shape index (κ3) is 10.5. The van der Waals surface area contributed by atoms with Gasteiger partial charge in [-0.2, -0.15) is 0 Å². The van der Waals surface area contributed by atoms with E-state index in [9.17, 15) is 0 Å². The number of rotatable bonds is 6. The van der Waals surface area contributed by atoms with Gasteiger partial charge in [-0.05, 0) is 52.4 Å². The standard InChI is InChI=1S/2C10H16.ClH.V/c2*1-3-4-5-10-7-6-9(2)8-10;;/h2*7-8H,3-6H2,1-2H3;1H;/p-1. The van der Waals surface area contributed by atoms with E-state index in [1.807, 2.05) is 0 Å². The van der Waals surface area contributed by atoms with Gasteiger partial charge in [-0.15, -0.1) is 0 Å². The predicted molar refractivity (Wildman–Crippen MR) is 92.0 cm³/mol. The zero-order chi connectivity index (χ0) is 14.8. The molecule has 0 saturated heterocycles. The molecule has 0 heterocycles. The van der Waals surface area contributed by atoms with E-state index < -0.39 is 0 Å². The van der Waals surface area contributed by atoms with Crippen LogP contribution in [0.15, 0.2) is 46.6 Å². The van der Waals surface area contributed by atoms with Crippen LogP contribution in [0, 0.1) is 0 Å². The largest absolute Gasteiger partial charge is 1.00 e. The number of allylic oxidation sites excluding steroid dienone is 8. The number of halogens is 1. The Morgan fingerprint density at radius 3 is 1.36 bits per heavy atom. The molecule has 0 aromatic rings. The number of hydrogen-bond donors (Lipinski definition) is 0. The van der Waals surface area contributed by atoms with Gasteiger partial charge in [-0.25, -0.2) is 0 Å². The fourth-order valence-corrected chi connectivity index (χ4v) is 2.56. The second-order valence-corrected chi connectivity index (χ2v) is 6.15. The van der Waals surface area contributed by atoms with Crippen LogP contribution in [0.4, 0.5) is 0 Å². The minimum Gasteiger partial charge on any atom is -1.00 e. The molecule has 0 atom stereocenters. The molecule has 2 aliphatic rings. The van der Waals surface area contributed by atoms with Gasteiger partial charge in [0.15, 0.2) is 0 Å². The maximum absolute atomic E-state index is 2.35. The predicted octanol–water partition coefficient (Wildman–Crippen LogP) is 3.91. The van der Waals surface area contributed by atoms with Crippen molar-refractivity contribution >= 4 is 0 Å². The molecule has 0 unspecified atom stereocenters. The minimum atomic E-state index is 0. The Bertz CT molecular complexity index is 373. The summed E-state index contributed by atoms with van der Waals surface area (Å²) in [6, 6.07) is 0. The van der Waals surface area contributed by atoms with Crippen LogP contribution >= 0.6 is 0 Å². The van der Waals surface area contributed by atoms with Gasteiger partial charge in [-0.3, -0.25) is 0 Å². The monoisotopic (exact) mass is 358 g/mol. The first-order valence-corrected chi connectivity index (χ1v) is 8.38. The van der Waals surface area contributed by atoms with Crippen LogP contribution in [0.2, 0.25) is 0 Å². The molecule has 0 nitrogen and oxygen atoms in total. The van der Waals surface area contributed by atoms with Crippen molar-refractivity contribution in [3.05, 3.63) is 46.6 Å². The second kappa shape index (κ2) is 14.4. The third-order valence-corrected chi connectivity index (χ3v) is 3.87. The summed E-state index contributed by atoms with van der Waals surface area (Å²) in [6.07, 6.45) is 19.6. The Morgan fingerprint density at radius 1 is 0.773 bits per heavy atom. The first-order valence-electron chi connectivity index (χ1n) is 8.38. The zero-order valence-electron chi connectivity index (χ0n) is 14.8. The summed E-state index contributed by atoms with van der Waals surface area (Å²) in [4.78, 5) is 0. The van der Waals surface area contributed by atoms with Crippen LogP contribution in [0.1, 0.15) is 79.1 Å². The molecule has 0 aliphatic heterocycles. The van der Waals surface area contributed by atoms with Crippen molar-refractivity contribution < 1.29 is 31.0 Å². The average Bonchev–Trinajstić information content (AvgIpc) is 3.03. The molecule has 0 spiro atoms. The van der Waals surface area contributed by atoms with E-state index in [4.69, 9.17) is 0 Å². The Kier molecular flexibility index (Phi) is 15.8. The summed E-state index contributed by atoms with van der Waals surface area (Å²) in [5.41, 5.74) is 6.15. The Labute approximate surface area is 156 Å². The minimum absolute atomic E-state index is 0. The molecule has 0 bridgehead atoms. The zero-order valence-corrected chi connectivity index (χ0v) is 16.9. The number of hydrogen-bond acceptors (Lipinski definition) is 0. The van der Waals surface area contributed by atoms with Gasteiger partial charge in [0.2, 0.25) is 0 Å². The molecule has 0 saturated carbocycles. The molecule has 0 N–H and O–H groups in total. The maximum Gasteiger partial charge on any atom is 0 e. The van der Waals surface area contributed by atoms with E-state index in [-0.39, 0.29) is 31.0 Å². The molecule has 2 heteroatoms. The van der Waals surface area contributed by atoms with E-state index in [1.165, 1.54) is 62.5 Å². The van der Waals surface area contributed by atoms with Crippen molar-refractivity contribution in [2.75, 3.05) is 0 Å². The molecular weight excluding hydrogens is 327 g/mol. The molecule has 22 heavy (non-hydrogen) atoms. The average molecular weight is 359 g/mol. The van der Waals surface area contributed by atoms with Gasteiger partial charge in [0.05, 0.1) is 0 Å². The van der Waals surface area contributed by atoms with Gasteiger partial charge >= 0.3 is 0 Å². The van der Waals surface area contributed by atoms with E-state index in [1.54, 1.807) is 11.1 Å². The van der Waals surface area contributed by atoms with Gasteiger partial charge in [0.25, 0.3) is 0 Å². The summed E-state index contributed by atoms with van der Waals surface area (Å²) in [7, 11) is 0. The van der Waals surface area contributed by atoms with Crippen LogP contribution < -0.4 is 12.4 Å². The Balaban J connectivity index is 0. The third-order valence-electron chi connectivity index (χ3n) is 3.87. The fraction of sp³-hybridized carbons (Fsp3) is 0.600. The molecule has 125 valence electrons. The molecule has 0 amide bonds. The maximum atomic E-state index is 2.35. The number of unbranched alkanes of at least 4 members (excludes halogenated alkanes) is 2. The first kappa shape index (κ1) is 24.1. The van der Waals surface area contributed by atoms with Crippen molar-refractivity contribution in [2.45, 2.75) is 79.1 Å². The Morgan fingerprint density at radius 2 is 1.14 bits per heavy atom. The van der Waals surface area contributed by atoms with E-state index in [2.05, 4.69) is 52.0 Å². The van der Waals surface area contributed by atoms with Crippen LogP contribution in [0.25, 0.3) is 0 Å². The summed E-state index contributed by atoms with van der Waals surface area (Å²) >= 11 is 0. The van der Waals surface area contributed by atoms with E-state index in [0.29, 0.717) is 0 Å². The van der Waals surface area contributed by atoms with Crippen LogP contribution in [0.3, 0.4) is 0 Å². The topological polar surface area (TPSA) is 0 Å². The molecular formula is C20H32ClV-. The van der Waals surface area contributed by atoms with Gasteiger partial charge < -0.3 is 12.4 Å². The van der Waals surface area contributed by atoms with E-state index >= 15 is 0 Å². The van der Waals surface area contributed by atoms with Gasteiger partial charge in [-0.1, -0.05) is 73.3 Å². The van der Waals surface area contributed by atoms with Crippen molar-refractivity contribution in [1.82, 2.24) is 0 Å². The normalized spacial score (nSPS) is 15.5. The van der Waals surface area contributed by atoms with Crippen LogP contribution in [-0.4, -0.2) is 0 Å². The van der Waals surface area contributed by atoms with E-state index in [0.717, 1.165) is 0 Å². The summed E-state index contributed by atoms with van der Waals surface area (Å²) in [5, 5.41) is 0. The smallest absolute Gasteiger partial charge is 0 e. The van der Waals surface area contributed by atoms with Gasteiger partial charge in [0.1, 0.15) is 0 Å². The molecule has 1 radical (unpaired) electrons. The molecule has 0 fully saturated rings. The quantitative estimate of drug-likeness (QED) is 0.675. The summed E-state index contributed by atoms with van der Waals surface area (Å²) in [5.74, 6) is 0. The van der Waals surface area contributed by atoms with Crippen LogP contribution in [-0.2, 0) is 18.6 Å². The van der Waals surface area contributed by atoms with Crippen molar-refractivity contribution in [3.63, 3.8) is 0 Å². The first-order chi connectivity index (χ1) is 9.65. The van der Waals surface area contributed by atoms with Crippen molar-refractivity contribution in [1.29, 1.82) is 0 Å². The Hall–Kier alpha value is -0.166. The van der Waals surface area contributed by atoms with Crippen molar-refractivity contribution in [2.24, 2.45) is 0 Å². The van der Waals surface area contributed by atoms with Gasteiger partial charge in [0, 0.05) is 18.6 Å². The summed E-state index contributed by atoms with van der Waals surface area (Å²) in [6.45, 7) is 8.89. The summed E-state index contributed by atoms with van der Waals surface area (Å²) < 4.78 is 0. The molecule has 2 aliphatic carbocycles. The molecule has 2 rings (SSSR count). The van der Waals surface area contributed by atoms with Crippen LogP contribution in [0.5, 0.6) is 0 Å². The van der Waals surface area contributed by atoms with Crippen molar-refractivity contribution in [3.8, 4) is 0 Å². The second-order valence-electron chi connectivity index (χ2n) is 6.15. The fourth-order valence-electron chi connectivity index (χ4n) is 2.56. The molecule has 0 aromatic carbocycles. The SMILES string of the molecule is CCCCC1=CCC(C)=C1.CCCCC1=CCC(C)=C1.[Cl-].[V]. The molecule has 0 aromatic heterocycles.